The predicted molar refractivity (Wildman–Crippen MR) is 55.6 cm³/mol. The van der Waals surface area contributed by atoms with Gasteiger partial charge in [-0.15, -0.1) is 0 Å². The van der Waals surface area contributed by atoms with Gasteiger partial charge in [-0.3, -0.25) is 4.79 Å². The zero-order chi connectivity index (χ0) is 10.5. The number of hydrogen-bond acceptors (Lipinski definition) is 4. The van der Waals surface area contributed by atoms with Gasteiger partial charge in [0.05, 0.1) is 19.3 Å². The Labute approximate surface area is 88.2 Å². The van der Waals surface area contributed by atoms with Gasteiger partial charge in [0.15, 0.2) is 6.29 Å². The highest BCUT2D eigenvalue weighted by molar-refractivity contribution is 5.54. The lowest BCUT2D eigenvalue weighted by Gasteiger charge is -2.27. The molecular formula is C11H13NO3. The lowest BCUT2D eigenvalue weighted by atomic mass is 10.2. The van der Waals surface area contributed by atoms with Gasteiger partial charge in [0.1, 0.15) is 0 Å². The van der Waals surface area contributed by atoms with Crippen LogP contribution < -0.4 is 5.32 Å². The molecule has 0 aromatic heterocycles. The average molecular weight is 207 g/mol. The second-order valence-electron chi connectivity index (χ2n) is 3.38. The Bertz CT molecular complexity index is 307. The van der Waals surface area contributed by atoms with Crippen molar-refractivity contribution in [2.45, 2.75) is 12.3 Å². The Morgan fingerprint density at radius 3 is 2.47 bits per heavy atom. The normalized spacial score (nSPS) is 25.9. The van der Waals surface area contributed by atoms with Crippen LogP contribution in [0.3, 0.4) is 0 Å². The lowest BCUT2D eigenvalue weighted by molar-refractivity contribution is -0.180. The standard InChI is InChI=1S/C11H13NO3/c13-6-11-14-7-10(8-15-11)12-9-4-2-1-3-5-9/h1-6,10-12H,7-8H2. The number of anilines is 1. The van der Waals surface area contributed by atoms with Crippen LogP contribution in [0.25, 0.3) is 0 Å². The van der Waals surface area contributed by atoms with Crippen molar-refractivity contribution in [3.05, 3.63) is 30.3 Å². The molecule has 1 aromatic rings. The summed E-state index contributed by atoms with van der Waals surface area (Å²) in [6, 6.07) is 9.94. The second-order valence-corrected chi connectivity index (χ2v) is 3.38. The molecule has 0 radical (unpaired) electrons. The molecule has 0 saturated carbocycles. The number of carbonyl (C=O) groups is 1. The quantitative estimate of drug-likeness (QED) is 0.752. The summed E-state index contributed by atoms with van der Waals surface area (Å²) in [7, 11) is 0. The summed E-state index contributed by atoms with van der Waals surface area (Å²) in [5, 5.41) is 3.26. The smallest absolute Gasteiger partial charge is 0.214 e. The van der Waals surface area contributed by atoms with Crippen molar-refractivity contribution in [1.82, 2.24) is 0 Å². The monoisotopic (exact) mass is 207 g/mol. The highest BCUT2D eigenvalue weighted by Gasteiger charge is 2.21. The first-order valence-electron chi connectivity index (χ1n) is 4.88. The Hall–Kier alpha value is -1.39. The minimum absolute atomic E-state index is 0.101. The second kappa shape index (κ2) is 4.91. The summed E-state index contributed by atoms with van der Waals surface area (Å²) in [6.07, 6.45) is -0.0301. The number of hydrogen-bond donors (Lipinski definition) is 1. The molecule has 4 heteroatoms. The van der Waals surface area contributed by atoms with E-state index >= 15 is 0 Å². The van der Waals surface area contributed by atoms with E-state index in [0.29, 0.717) is 19.5 Å². The van der Waals surface area contributed by atoms with Crippen molar-refractivity contribution in [2.75, 3.05) is 18.5 Å². The Kier molecular flexibility index (Phi) is 3.32. The molecule has 1 fully saturated rings. The summed E-state index contributed by atoms with van der Waals surface area (Å²) in [5.41, 5.74) is 1.03. The van der Waals surface area contributed by atoms with E-state index in [2.05, 4.69) is 5.32 Å². The van der Waals surface area contributed by atoms with E-state index in [0.717, 1.165) is 5.69 Å². The van der Waals surface area contributed by atoms with E-state index < -0.39 is 6.29 Å². The van der Waals surface area contributed by atoms with E-state index in [4.69, 9.17) is 9.47 Å². The van der Waals surface area contributed by atoms with E-state index in [1.165, 1.54) is 0 Å². The number of benzene rings is 1. The molecule has 1 N–H and O–H groups in total. The summed E-state index contributed by atoms with van der Waals surface area (Å²) in [4.78, 5) is 10.4. The molecule has 4 nitrogen and oxygen atoms in total. The fourth-order valence-electron chi connectivity index (χ4n) is 1.45. The van der Waals surface area contributed by atoms with Crippen molar-refractivity contribution < 1.29 is 14.3 Å². The van der Waals surface area contributed by atoms with Crippen LogP contribution in [0.4, 0.5) is 5.69 Å². The Morgan fingerprint density at radius 2 is 1.87 bits per heavy atom. The maximum atomic E-state index is 10.4. The van der Waals surface area contributed by atoms with Gasteiger partial charge in [-0.2, -0.15) is 0 Å². The van der Waals surface area contributed by atoms with Crippen LogP contribution in [0, 0.1) is 0 Å². The number of ether oxygens (including phenoxy) is 2. The maximum absolute atomic E-state index is 10.4. The summed E-state index contributed by atoms with van der Waals surface area (Å²) in [6.45, 7) is 0.969. The summed E-state index contributed by atoms with van der Waals surface area (Å²) in [5.74, 6) is 0. The minimum Gasteiger partial charge on any atom is -0.378 e. The number of rotatable bonds is 3. The molecule has 0 bridgehead atoms. The van der Waals surface area contributed by atoms with Gasteiger partial charge in [-0.25, -0.2) is 0 Å². The van der Waals surface area contributed by atoms with Gasteiger partial charge >= 0.3 is 0 Å². The van der Waals surface area contributed by atoms with Crippen LogP contribution in [-0.4, -0.2) is 31.8 Å². The average Bonchev–Trinajstić information content (AvgIpc) is 2.31. The number of carbonyl (C=O) groups excluding carboxylic acids is 1. The first kappa shape index (κ1) is 10.1. The van der Waals surface area contributed by atoms with Crippen molar-refractivity contribution in [3.63, 3.8) is 0 Å². The van der Waals surface area contributed by atoms with Crippen LogP contribution in [0.2, 0.25) is 0 Å². The van der Waals surface area contributed by atoms with Gasteiger partial charge in [-0.1, -0.05) is 18.2 Å². The van der Waals surface area contributed by atoms with Gasteiger partial charge < -0.3 is 14.8 Å². The molecule has 1 saturated heterocycles. The van der Waals surface area contributed by atoms with E-state index in [-0.39, 0.29) is 6.04 Å². The van der Waals surface area contributed by atoms with Crippen molar-refractivity contribution >= 4 is 12.0 Å². The molecule has 0 spiro atoms. The Balaban J connectivity index is 1.85. The van der Waals surface area contributed by atoms with E-state index in [1.807, 2.05) is 30.3 Å². The van der Waals surface area contributed by atoms with Crippen LogP contribution in [0.15, 0.2) is 30.3 Å². The third kappa shape index (κ3) is 2.78. The molecule has 0 aliphatic carbocycles. The zero-order valence-electron chi connectivity index (χ0n) is 8.26. The Morgan fingerprint density at radius 1 is 1.20 bits per heavy atom. The molecule has 0 unspecified atom stereocenters. The molecule has 15 heavy (non-hydrogen) atoms. The number of aldehydes is 1. The predicted octanol–water partition coefficient (Wildman–Crippen LogP) is 1.04. The first-order valence-corrected chi connectivity index (χ1v) is 4.88. The molecule has 1 aliphatic heterocycles. The highest BCUT2D eigenvalue weighted by Crippen LogP contribution is 2.11. The van der Waals surface area contributed by atoms with Gasteiger partial charge in [-0.05, 0) is 12.1 Å². The minimum atomic E-state index is -0.696. The summed E-state index contributed by atoms with van der Waals surface area (Å²) < 4.78 is 10.3. The molecule has 0 amide bonds. The largest absolute Gasteiger partial charge is 0.378 e. The summed E-state index contributed by atoms with van der Waals surface area (Å²) >= 11 is 0. The van der Waals surface area contributed by atoms with Gasteiger partial charge in [0, 0.05) is 5.69 Å². The van der Waals surface area contributed by atoms with Crippen molar-refractivity contribution in [1.29, 1.82) is 0 Å². The third-order valence-corrected chi connectivity index (χ3v) is 2.18. The molecule has 2 rings (SSSR count). The fraction of sp³-hybridized carbons (Fsp3) is 0.364. The van der Waals surface area contributed by atoms with Gasteiger partial charge in [0.2, 0.25) is 6.29 Å². The molecule has 80 valence electrons. The number of nitrogens with one attached hydrogen (secondary N) is 1. The first-order chi connectivity index (χ1) is 7.38. The molecule has 0 atom stereocenters. The topological polar surface area (TPSA) is 47.6 Å². The highest BCUT2D eigenvalue weighted by atomic mass is 16.7. The zero-order valence-corrected chi connectivity index (χ0v) is 8.26. The van der Waals surface area contributed by atoms with Gasteiger partial charge in [0.25, 0.3) is 0 Å². The van der Waals surface area contributed by atoms with Crippen molar-refractivity contribution in [3.8, 4) is 0 Å². The molecule has 1 aliphatic rings. The fourth-order valence-corrected chi connectivity index (χ4v) is 1.45. The van der Waals surface area contributed by atoms with E-state index in [1.54, 1.807) is 0 Å². The van der Waals surface area contributed by atoms with E-state index in [9.17, 15) is 4.79 Å². The van der Waals surface area contributed by atoms with Crippen LogP contribution in [0.1, 0.15) is 0 Å². The maximum Gasteiger partial charge on any atom is 0.214 e. The number of para-hydroxylation sites is 1. The van der Waals surface area contributed by atoms with Crippen molar-refractivity contribution in [2.24, 2.45) is 0 Å². The molecule has 1 heterocycles. The van der Waals surface area contributed by atoms with Crippen LogP contribution >= 0.6 is 0 Å². The third-order valence-electron chi connectivity index (χ3n) is 2.18. The van der Waals surface area contributed by atoms with Crippen LogP contribution in [-0.2, 0) is 14.3 Å². The molecule has 1 aromatic carbocycles. The SMILES string of the molecule is O=CC1OCC(Nc2ccccc2)CO1. The van der Waals surface area contributed by atoms with Crippen LogP contribution in [0.5, 0.6) is 0 Å². The molecular weight excluding hydrogens is 194 g/mol. The lowest BCUT2D eigenvalue weighted by Crippen LogP contribution is -2.40.